The van der Waals surface area contributed by atoms with Gasteiger partial charge in [-0.15, -0.1) is 0 Å². The summed E-state index contributed by atoms with van der Waals surface area (Å²) in [7, 11) is 2.30. The number of nitrogens with one attached hydrogen (secondary N) is 1. The summed E-state index contributed by atoms with van der Waals surface area (Å²) in [6, 6.07) is 2.32. The second kappa shape index (κ2) is 7.57. The van der Waals surface area contributed by atoms with Crippen LogP contribution in [0.3, 0.4) is 0 Å². The summed E-state index contributed by atoms with van der Waals surface area (Å²) in [5, 5.41) is 3.58. The fraction of sp³-hybridized carbons (Fsp3) is 1.00. The van der Waals surface area contributed by atoms with E-state index < -0.39 is 0 Å². The van der Waals surface area contributed by atoms with Gasteiger partial charge in [0.05, 0.1) is 0 Å². The molecule has 1 aliphatic carbocycles. The van der Waals surface area contributed by atoms with Crippen LogP contribution >= 0.6 is 11.8 Å². The van der Waals surface area contributed by atoms with Crippen LogP contribution in [0.15, 0.2) is 0 Å². The van der Waals surface area contributed by atoms with Crippen molar-refractivity contribution in [2.75, 3.05) is 25.6 Å². The van der Waals surface area contributed by atoms with Crippen LogP contribution in [0, 0.1) is 0 Å². The SMILES string of the molecule is CCNC1CCC(N(C)C(C)CSC)CC1. The molecule has 1 rings (SSSR count). The number of hydrogen-bond acceptors (Lipinski definition) is 3. The molecular weight excluding hydrogens is 216 g/mol. The summed E-state index contributed by atoms with van der Waals surface area (Å²) in [6.45, 7) is 5.68. The second-order valence-corrected chi connectivity index (χ2v) is 5.94. The standard InChI is InChI=1S/C13H28N2S/c1-5-14-12-6-8-13(9-7-12)15(3)11(2)10-16-4/h11-14H,5-10H2,1-4H3. The van der Waals surface area contributed by atoms with Gasteiger partial charge in [0, 0.05) is 23.9 Å². The first-order valence-corrected chi connectivity index (χ1v) is 8.02. The molecule has 2 nitrogen and oxygen atoms in total. The highest BCUT2D eigenvalue weighted by molar-refractivity contribution is 7.98. The zero-order valence-corrected chi connectivity index (χ0v) is 12.1. The van der Waals surface area contributed by atoms with Gasteiger partial charge in [-0.1, -0.05) is 6.92 Å². The summed E-state index contributed by atoms with van der Waals surface area (Å²) >= 11 is 1.96. The molecule has 1 unspecified atom stereocenters. The van der Waals surface area contributed by atoms with E-state index in [1.165, 1.54) is 31.4 Å². The van der Waals surface area contributed by atoms with Gasteiger partial charge in [0.1, 0.15) is 0 Å². The normalized spacial score (nSPS) is 28.3. The van der Waals surface area contributed by atoms with Gasteiger partial charge in [0.2, 0.25) is 0 Å². The fourth-order valence-corrected chi connectivity index (χ4v) is 3.41. The summed E-state index contributed by atoms with van der Waals surface area (Å²) in [5.41, 5.74) is 0. The Bertz CT molecular complexity index is 179. The molecule has 0 aromatic carbocycles. The van der Waals surface area contributed by atoms with E-state index in [2.05, 4.69) is 37.4 Å². The average Bonchev–Trinajstić information content (AvgIpc) is 2.30. The smallest absolute Gasteiger partial charge is 0.0157 e. The molecule has 1 atom stereocenters. The van der Waals surface area contributed by atoms with Gasteiger partial charge >= 0.3 is 0 Å². The topological polar surface area (TPSA) is 15.3 Å². The van der Waals surface area contributed by atoms with E-state index in [0.717, 1.165) is 24.7 Å². The summed E-state index contributed by atoms with van der Waals surface area (Å²) < 4.78 is 0. The number of nitrogens with zero attached hydrogens (tertiary/aromatic N) is 1. The van der Waals surface area contributed by atoms with Crippen molar-refractivity contribution in [2.24, 2.45) is 0 Å². The maximum absolute atomic E-state index is 3.58. The third-order valence-electron chi connectivity index (χ3n) is 3.87. The van der Waals surface area contributed by atoms with Crippen molar-refractivity contribution in [3.8, 4) is 0 Å². The molecule has 1 N–H and O–H groups in total. The predicted molar refractivity (Wildman–Crippen MR) is 75.3 cm³/mol. The highest BCUT2D eigenvalue weighted by Gasteiger charge is 2.25. The Morgan fingerprint density at radius 1 is 1.31 bits per heavy atom. The second-order valence-electron chi connectivity index (χ2n) is 5.03. The van der Waals surface area contributed by atoms with Crippen molar-refractivity contribution >= 4 is 11.8 Å². The van der Waals surface area contributed by atoms with E-state index in [0.29, 0.717) is 0 Å². The van der Waals surface area contributed by atoms with Crippen molar-refractivity contribution in [3.63, 3.8) is 0 Å². The Morgan fingerprint density at radius 2 is 1.94 bits per heavy atom. The molecule has 0 aromatic heterocycles. The molecule has 0 bridgehead atoms. The van der Waals surface area contributed by atoms with E-state index >= 15 is 0 Å². The maximum Gasteiger partial charge on any atom is 0.0157 e. The predicted octanol–water partition coefficient (Wildman–Crippen LogP) is 2.59. The first-order valence-electron chi connectivity index (χ1n) is 6.63. The Morgan fingerprint density at radius 3 is 2.44 bits per heavy atom. The van der Waals surface area contributed by atoms with E-state index in [9.17, 15) is 0 Å². The van der Waals surface area contributed by atoms with Crippen LogP contribution in [0.4, 0.5) is 0 Å². The summed E-state index contributed by atoms with van der Waals surface area (Å²) in [5.74, 6) is 1.25. The molecule has 0 aliphatic heterocycles. The molecule has 1 aliphatic rings. The van der Waals surface area contributed by atoms with Crippen LogP contribution < -0.4 is 5.32 Å². The Balaban J connectivity index is 2.29. The molecule has 3 heteroatoms. The third-order valence-corrected chi connectivity index (χ3v) is 4.68. The Labute approximate surface area is 106 Å². The lowest BCUT2D eigenvalue weighted by Crippen LogP contribution is -2.44. The molecule has 0 saturated heterocycles. The maximum atomic E-state index is 3.58. The van der Waals surface area contributed by atoms with Crippen LogP contribution in [0.1, 0.15) is 39.5 Å². The minimum atomic E-state index is 0.718. The Kier molecular flexibility index (Phi) is 6.78. The van der Waals surface area contributed by atoms with Gasteiger partial charge in [-0.3, -0.25) is 4.90 Å². The van der Waals surface area contributed by atoms with Crippen molar-refractivity contribution in [3.05, 3.63) is 0 Å². The number of thioether (sulfide) groups is 1. The van der Waals surface area contributed by atoms with Gasteiger partial charge < -0.3 is 5.32 Å². The van der Waals surface area contributed by atoms with Crippen molar-refractivity contribution in [2.45, 2.75) is 57.7 Å². The van der Waals surface area contributed by atoms with Crippen LogP contribution in [0.25, 0.3) is 0 Å². The molecule has 1 fully saturated rings. The minimum absolute atomic E-state index is 0.718. The monoisotopic (exact) mass is 244 g/mol. The van der Waals surface area contributed by atoms with Crippen LogP contribution in [-0.4, -0.2) is 48.6 Å². The largest absolute Gasteiger partial charge is 0.314 e. The van der Waals surface area contributed by atoms with Crippen LogP contribution in [-0.2, 0) is 0 Å². The third kappa shape index (κ3) is 4.27. The fourth-order valence-electron chi connectivity index (χ4n) is 2.69. The minimum Gasteiger partial charge on any atom is -0.314 e. The van der Waals surface area contributed by atoms with Crippen molar-refractivity contribution < 1.29 is 0 Å². The Hall–Kier alpha value is 0.270. The molecule has 0 heterocycles. The first-order chi connectivity index (χ1) is 7.69. The highest BCUT2D eigenvalue weighted by atomic mass is 32.2. The van der Waals surface area contributed by atoms with Crippen LogP contribution in [0.2, 0.25) is 0 Å². The molecule has 0 spiro atoms. The lowest BCUT2D eigenvalue weighted by molar-refractivity contribution is 0.145. The average molecular weight is 244 g/mol. The molecule has 0 amide bonds. The molecule has 0 aromatic rings. The van der Waals surface area contributed by atoms with E-state index in [1.807, 2.05) is 11.8 Å². The van der Waals surface area contributed by atoms with E-state index in [1.54, 1.807) is 0 Å². The van der Waals surface area contributed by atoms with Gasteiger partial charge in [-0.05, 0) is 52.5 Å². The zero-order chi connectivity index (χ0) is 12.0. The number of hydrogen-bond donors (Lipinski definition) is 1. The molecular formula is C13H28N2S. The van der Waals surface area contributed by atoms with E-state index in [-0.39, 0.29) is 0 Å². The van der Waals surface area contributed by atoms with Crippen molar-refractivity contribution in [1.29, 1.82) is 0 Å². The van der Waals surface area contributed by atoms with Gasteiger partial charge in [0.15, 0.2) is 0 Å². The van der Waals surface area contributed by atoms with E-state index in [4.69, 9.17) is 0 Å². The molecule has 96 valence electrons. The molecule has 1 saturated carbocycles. The molecule has 16 heavy (non-hydrogen) atoms. The highest BCUT2D eigenvalue weighted by Crippen LogP contribution is 2.24. The molecule has 0 radical (unpaired) electrons. The van der Waals surface area contributed by atoms with Gasteiger partial charge in [-0.25, -0.2) is 0 Å². The van der Waals surface area contributed by atoms with Crippen LogP contribution in [0.5, 0.6) is 0 Å². The lowest BCUT2D eigenvalue weighted by atomic mass is 9.90. The van der Waals surface area contributed by atoms with Crippen molar-refractivity contribution in [1.82, 2.24) is 10.2 Å². The quantitative estimate of drug-likeness (QED) is 0.773. The zero-order valence-electron chi connectivity index (χ0n) is 11.3. The first kappa shape index (κ1) is 14.3. The number of rotatable bonds is 6. The summed E-state index contributed by atoms with van der Waals surface area (Å²) in [4.78, 5) is 2.60. The lowest BCUT2D eigenvalue weighted by Gasteiger charge is -2.38. The van der Waals surface area contributed by atoms with Gasteiger partial charge in [-0.2, -0.15) is 11.8 Å². The summed E-state index contributed by atoms with van der Waals surface area (Å²) in [6.07, 6.45) is 7.65. The van der Waals surface area contributed by atoms with Gasteiger partial charge in [0.25, 0.3) is 0 Å².